The molecule has 1 aromatic rings. The van der Waals surface area contributed by atoms with Crippen molar-refractivity contribution in [3.8, 4) is 0 Å². The van der Waals surface area contributed by atoms with Crippen molar-refractivity contribution in [2.24, 2.45) is 0 Å². The largest absolute Gasteiger partial charge is 0.392 e. The van der Waals surface area contributed by atoms with Crippen LogP contribution in [0.1, 0.15) is 18.0 Å². The van der Waals surface area contributed by atoms with Crippen molar-refractivity contribution < 1.29 is 13.9 Å². The summed E-state index contributed by atoms with van der Waals surface area (Å²) >= 11 is 0. The van der Waals surface area contributed by atoms with Crippen LogP contribution in [0.5, 0.6) is 0 Å². The van der Waals surface area contributed by atoms with Crippen LogP contribution in [0.4, 0.5) is 8.78 Å². The van der Waals surface area contributed by atoms with Crippen LogP contribution in [-0.4, -0.2) is 17.8 Å². The first-order valence-electron chi connectivity index (χ1n) is 4.54. The van der Waals surface area contributed by atoms with E-state index in [2.05, 4.69) is 5.32 Å². The summed E-state index contributed by atoms with van der Waals surface area (Å²) in [5, 5.41) is 12.2. The van der Waals surface area contributed by atoms with Crippen molar-refractivity contribution >= 4 is 0 Å². The van der Waals surface area contributed by atoms with E-state index < -0.39 is 17.7 Å². The fraction of sp³-hybridized carbons (Fsp3) is 0.400. The zero-order valence-corrected chi connectivity index (χ0v) is 7.50. The maximum absolute atomic E-state index is 13.3. The van der Waals surface area contributed by atoms with Crippen LogP contribution in [0.25, 0.3) is 0 Å². The molecule has 1 fully saturated rings. The number of β-amino-alcohol motifs (C(OH)–C–C–N with tert-alkyl or cyclic N) is 1. The van der Waals surface area contributed by atoms with E-state index in [1.807, 2.05) is 0 Å². The van der Waals surface area contributed by atoms with Crippen LogP contribution >= 0.6 is 0 Å². The molecule has 2 rings (SSSR count). The Morgan fingerprint density at radius 1 is 1.36 bits per heavy atom. The van der Waals surface area contributed by atoms with Gasteiger partial charge in [-0.15, -0.1) is 0 Å². The molecule has 2 unspecified atom stereocenters. The molecule has 0 aromatic heterocycles. The Labute approximate surface area is 80.6 Å². The summed E-state index contributed by atoms with van der Waals surface area (Å²) in [5.41, 5.74) is 0.293. The first kappa shape index (κ1) is 9.55. The quantitative estimate of drug-likeness (QED) is 0.715. The molecule has 4 heteroatoms. The lowest BCUT2D eigenvalue weighted by atomic mass is 10.0. The average Bonchev–Trinajstić information content (AvgIpc) is 2.57. The molecule has 2 nitrogen and oxygen atoms in total. The predicted octanol–water partition coefficient (Wildman–Crippen LogP) is 1.36. The molecule has 1 heterocycles. The zero-order chi connectivity index (χ0) is 10.1. The molecule has 2 atom stereocenters. The Hall–Kier alpha value is -1.00. The van der Waals surface area contributed by atoms with E-state index in [4.69, 9.17) is 0 Å². The fourth-order valence-corrected chi connectivity index (χ4v) is 1.74. The van der Waals surface area contributed by atoms with Crippen LogP contribution in [-0.2, 0) is 0 Å². The van der Waals surface area contributed by atoms with Crippen molar-refractivity contribution in [2.45, 2.75) is 18.6 Å². The van der Waals surface area contributed by atoms with Gasteiger partial charge in [-0.2, -0.15) is 0 Å². The lowest BCUT2D eigenvalue weighted by molar-refractivity contribution is 0.193. The first-order chi connectivity index (χ1) is 6.68. The predicted molar refractivity (Wildman–Crippen MR) is 47.7 cm³/mol. The van der Waals surface area contributed by atoms with Gasteiger partial charge < -0.3 is 10.4 Å². The minimum Gasteiger partial charge on any atom is -0.392 e. The monoisotopic (exact) mass is 199 g/mol. The number of hydrogen-bond donors (Lipinski definition) is 2. The van der Waals surface area contributed by atoms with Crippen molar-refractivity contribution in [1.29, 1.82) is 0 Å². The van der Waals surface area contributed by atoms with Crippen LogP contribution < -0.4 is 5.32 Å². The second kappa shape index (κ2) is 3.63. The maximum atomic E-state index is 13.3. The highest BCUT2D eigenvalue weighted by Crippen LogP contribution is 2.26. The lowest BCUT2D eigenvalue weighted by Gasteiger charge is -2.11. The smallest absolute Gasteiger partial charge is 0.163 e. The van der Waals surface area contributed by atoms with Crippen LogP contribution in [0.2, 0.25) is 0 Å². The van der Waals surface area contributed by atoms with E-state index in [1.165, 1.54) is 12.1 Å². The number of benzene rings is 1. The number of rotatable bonds is 1. The molecule has 1 aliphatic heterocycles. The number of halogens is 2. The lowest BCUT2D eigenvalue weighted by Crippen LogP contribution is -2.16. The van der Waals surface area contributed by atoms with Crippen LogP contribution in [0.15, 0.2) is 18.2 Å². The van der Waals surface area contributed by atoms with E-state index in [1.54, 1.807) is 0 Å². The Morgan fingerprint density at radius 3 is 2.79 bits per heavy atom. The molecule has 1 saturated heterocycles. The topological polar surface area (TPSA) is 32.3 Å². The Bertz CT molecular complexity index is 343. The van der Waals surface area contributed by atoms with Gasteiger partial charge in [0.15, 0.2) is 11.6 Å². The molecular formula is C10H11F2NO. The highest BCUT2D eigenvalue weighted by molar-refractivity contribution is 5.23. The maximum Gasteiger partial charge on any atom is 0.163 e. The number of nitrogens with one attached hydrogen (secondary N) is 1. The zero-order valence-electron chi connectivity index (χ0n) is 7.50. The summed E-state index contributed by atoms with van der Waals surface area (Å²) in [4.78, 5) is 0. The highest BCUT2D eigenvalue weighted by atomic mass is 19.2. The number of aliphatic hydroxyl groups is 1. The van der Waals surface area contributed by atoms with Gasteiger partial charge in [0.2, 0.25) is 0 Å². The Kier molecular flexibility index (Phi) is 2.48. The van der Waals surface area contributed by atoms with Gasteiger partial charge in [0.05, 0.1) is 6.10 Å². The third-order valence-corrected chi connectivity index (χ3v) is 2.46. The Morgan fingerprint density at radius 2 is 2.14 bits per heavy atom. The van der Waals surface area contributed by atoms with Gasteiger partial charge in [0, 0.05) is 18.2 Å². The van der Waals surface area contributed by atoms with E-state index in [-0.39, 0.29) is 6.04 Å². The van der Waals surface area contributed by atoms with Crippen molar-refractivity contribution in [2.75, 3.05) is 6.54 Å². The fourth-order valence-electron chi connectivity index (χ4n) is 1.74. The molecule has 0 spiro atoms. The first-order valence-corrected chi connectivity index (χ1v) is 4.54. The van der Waals surface area contributed by atoms with Crippen molar-refractivity contribution in [3.05, 3.63) is 35.4 Å². The van der Waals surface area contributed by atoms with E-state index in [9.17, 15) is 13.9 Å². The van der Waals surface area contributed by atoms with Gasteiger partial charge in [0.25, 0.3) is 0 Å². The molecule has 0 amide bonds. The van der Waals surface area contributed by atoms with Gasteiger partial charge in [-0.3, -0.25) is 0 Å². The molecule has 1 aromatic carbocycles. The molecule has 0 aliphatic carbocycles. The Balaban J connectivity index is 2.28. The summed E-state index contributed by atoms with van der Waals surface area (Å²) in [7, 11) is 0. The molecule has 0 saturated carbocycles. The third-order valence-electron chi connectivity index (χ3n) is 2.46. The summed E-state index contributed by atoms with van der Waals surface area (Å²) in [5.74, 6) is -1.66. The molecule has 0 bridgehead atoms. The normalized spacial score (nSPS) is 26.8. The second-order valence-electron chi connectivity index (χ2n) is 3.49. The number of hydrogen-bond acceptors (Lipinski definition) is 2. The van der Waals surface area contributed by atoms with Gasteiger partial charge >= 0.3 is 0 Å². The summed E-state index contributed by atoms with van der Waals surface area (Å²) in [6.45, 7) is 0.431. The molecule has 0 radical (unpaired) electrons. The molecule has 2 N–H and O–H groups in total. The summed E-state index contributed by atoms with van der Waals surface area (Å²) in [6, 6.07) is 3.82. The van der Waals surface area contributed by atoms with Crippen molar-refractivity contribution in [1.82, 2.24) is 5.32 Å². The highest BCUT2D eigenvalue weighted by Gasteiger charge is 2.26. The summed E-state index contributed by atoms with van der Waals surface area (Å²) in [6.07, 6.45) is -0.0388. The standard InChI is InChI=1S/C10H11F2NO/c11-8-3-1-2-7(10(8)12)9-4-6(14)5-13-9/h1-3,6,9,13-14H,4-5H2. The average molecular weight is 199 g/mol. The minimum absolute atomic E-state index is 0.277. The van der Waals surface area contributed by atoms with E-state index >= 15 is 0 Å². The number of aliphatic hydroxyl groups excluding tert-OH is 1. The SMILES string of the molecule is OC1CNC(c2cccc(F)c2F)C1. The molecule has 1 aliphatic rings. The van der Waals surface area contributed by atoms with Gasteiger partial charge in [0.1, 0.15) is 0 Å². The van der Waals surface area contributed by atoms with E-state index in [0.29, 0.717) is 18.5 Å². The van der Waals surface area contributed by atoms with Gasteiger partial charge in [-0.05, 0) is 12.5 Å². The minimum atomic E-state index is -0.842. The second-order valence-corrected chi connectivity index (χ2v) is 3.49. The van der Waals surface area contributed by atoms with Crippen LogP contribution in [0.3, 0.4) is 0 Å². The molecular weight excluding hydrogens is 188 g/mol. The molecule has 76 valence electrons. The summed E-state index contributed by atoms with van der Waals surface area (Å²) < 4.78 is 26.1. The van der Waals surface area contributed by atoms with Gasteiger partial charge in [-0.1, -0.05) is 12.1 Å². The van der Waals surface area contributed by atoms with E-state index in [0.717, 1.165) is 6.07 Å². The van der Waals surface area contributed by atoms with Crippen molar-refractivity contribution in [3.63, 3.8) is 0 Å². The molecule has 14 heavy (non-hydrogen) atoms. The van der Waals surface area contributed by atoms with Crippen LogP contribution in [0, 0.1) is 11.6 Å². The third kappa shape index (κ3) is 1.63. The van der Waals surface area contributed by atoms with Gasteiger partial charge in [-0.25, -0.2) is 8.78 Å².